The molecule has 27 heavy (non-hydrogen) atoms. The van der Waals surface area contributed by atoms with Crippen molar-refractivity contribution in [3.05, 3.63) is 42.7 Å². The second-order valence-corrected chi connectivity index (χ2v) is 6.55. The number of hydrogen-bond acceptors (Lipinski definition) is 6. The third-order valence-corrected chi connectivity index (χ3v) is 4.49. The van der Waals surface area contributed by atoms with Crippen LogP contribution < -0.4 is 15.0 Å². The van der Waals surface area contributed by atoms with Crippen LogP contribution in [0, 0.1) is 5.92 Å². The Morgan fingerprint density at radius 1 is 1.26 bits per heavy atom. The smallest absolute Gasteiger partial charge is 0.229 e. The van der Waals surface area contributed by atoms with Crippen LogP contribution in [-0.2, 0) is 9.53 Å². The van der Waals surface area contributed by atoms with E-state index in [1.807, 2.05) is 24.3 Å². The van der Waals surface area contributed by atoms with Crippen LogP contribution in [0.1, 0.15) is 19.3 Å². The molecule has 3 rings (SSSR count). The molecule has 1 aromatic heterocycles. The summed E-state index contributed by atoms with van der Waals surface area (Å²) in [6.07, 6.45) is 6.09. The topological polar surface area (TPSA) is 76.6 Å². The molecule has 1 aliphatic heterocycles. The number of anilines is 2. The van der Waals surface area contributed by atoms with E-state index in [4.69, 9.17) is 9.47 Å². The van der Waals surface area contributed by atoms with Crippen LogP contribution in [0.2, 0.25) is 0 Å². The van der Waals surface area contributed by atoms with E-state index in [1.54, 1.807) is 25.6 Å². The first kappa shape index (κ1) is 19.1. The van der Waals surface area contributed by atoms with E-state index in [9.17, 15) is 4.79 Å². The van der Waals surface area contributed by atoms with Crippen molar-refractivity contribution in [2.45, 2.75) is 19.3 Å². The number of carbonyl (C=O) groups is 1. The van der Waals surface area contributed by atoms with Crippen LogP contribution in [-0.4, -0.2) is 49.3 Å². The number of rotatable bonds is 8. The lowest BCUT2D eigenvalue weighted by atomic mass is 9.97. The van der Waals surface area contributed by atoms with Crippen LogP contribution in [0.15, 0.2) is 42.7 Å². The minimum atomic E-state index is -0.0890. The number of ether oxygens (including phenoxy) is 2. The maximum absolute atomic E-state index is 12.7. The molecule has 0 aliphatic carbocycles. The molecule has 1 amide bonds. The van der Waals surface area contributed by atoms with Gasteiger partial charge in [0.15, 0.2) is 0 Å². The Labute approximate surface area is 159 Å². The summed E-state index contributed by atoms with van der Waals surface area (Å²) in [5.41, 5.74) is 0.748. The molecular weight excluding hydrogens is 344 g/mol. The maximum Gasteiger partial charge on any atom is 0.229 e. The quantitative estimate of drug-likeness (QED) is 0.720. The molecule has 1 aliphatic rings. The second kappa shape index (κ2) is 9.87. The molecule has 7 heteroatoms. The normalized spacial score (nSPS) is 16.8. The van der Waals surface area contributed by atoms with Crippen molar-refractivity contribution >= 4 is 17.5 Å². The van der Waals surface area contributed by atoms with Crippen LogP contribution in [0.4, 0.5) is 11.6 Å². The first-order valence-electron chi connectivity index (χ1n) is 9.31. The lowest BCUT2D eigenvalue weighted by molar-refractivity contribution is -0.120. The molecule has 1 aromatic carbocycles. The molecule has 0 unspecified atom stereocenters. The number of piperidine rings is 1. The van der Waals surface area contributed by atoms with E-state index in [0.29, 0.717) is 25.7 Å². The summed E-state index contributed by atoms with van der Waals surface area (Å²) < 4.78 is 10.7. The minimum absolute atomic E-state index is 0.0205. The van der Waals surface area contributed by atoms with Gasteiger partial charge >= 0.3 is 0 Å². The highest BCUT2D eigenvalue weighted by Crippen LogP contribution is 2.23. The molecule has 0 bridgehead atoms. The maximum atomic E-state index is 12.7. The predicted octanol–water partition coefficient (Wildman–Crippen LogP) is 2.75. The third kappa shape index (κ3) is 5.65. The molecular formula is C20H26N4O3. The van der Waals surface area contributed by atoms with E-state index in [1.165, 1.54) is 0 Å². The number of aromatic nitrogens is 2. The fourth-order valence-electron chi connectivity index (χ4n) is 3.13. The van der Waals surface area contributed by atoms with Crippen LogP contribution in [0.25, 0.3) is 0 Å². The van der Waals surface area contributed by atoms with Gasteiger partial charge in [-0.05, 0) is 31.0 Å². The average molecular weight is 370 g/mol. The van der Waals surface area contributed by atoms with Gasteiger partial charge in [-0.25, -0.2) is 9.97 Å². The predicted molar refractivity (Wildman–Crippen MR) is 104 cm³/mol. The van der Waals surface area contributed by atoms with Gasteiger partial charge in [0, 0.05) is 57.4 Å². The highest BCUT2D eigenvalue weighted by atomic mass is 16.5. The first-order chi connectivity index (χ1) is 13.3. The highest BCUT2D eigenvalue weighted by molar-refractivity contribution is 5.93. The van der Waals surface area contributed by atoms with Gasteiger partial charge in [-0.1, -0.05) is 6.07 Å². The molecule has 0 radical (unpaired) electrons. The molecule has 144 valence electrons. The molecule has 2 aromatic rings. The molecule has 1 saturated heterocycles. The molecule has 1 atom stereocenters. The molecule has 0 saturated carbocycles. The number of methoxy groups -OCH3 is 1. The summed E-state index contributed by atoms with van der Waals surface area (Å²) in [4.78, 5) is 23.4. The number of benzene rings is 1. The Morgan fingerprint density at radius 2 is 2.11 bits per heavy atom. The van der Waals surface area contributed by atoms with Crippen molar-refractivity contribution in [1.29, 1.82) is 0 Å². The van der Waals surface area contributed by atoms with E-state index < -0.39 is 0 Å². The number of carbonyl (C=O) groups excluding carboxylic acids is 1. The zero-order chi connectivity index (χ0) is 18.9. The molecule has 0 spiro atoms. The second-order valence-electron chi connectivity index (χ2n) is 6.55. The summed E-state index contributed by atoms with van der Waals surface area (Å²) >= 11 is 0. The zero-order valence-corrected chi connectivity index (χ0v) is 15.6. The number of nitrogens with zero attached hydrogens (tertiary/aromatic N) is 3. The Kier molecular flexibility index (Phi) is 6.98. The van der Waals surface area contributed by atoms with Gasteiger partial charge in [-0.3, -0.25) is 4.79 Å². The van der Waals surface area contributed by atoms with Gasteiger partial charge in [-0.15, -0.1) is 0 Å². The summed E-state index contributed by atoms with van der Waals surface area (Å²) in [5.74, 6) is 1.36. The summed E-state index contributed by atoms with van der Waals surface area (Å²) in [7, 11) is 1.67. The summed E-state index contributed by atoms with van der Waals surface area (Å²) in [6, 6.07) is 9.29. The van der Waals surface area contributed by atoms with Gasteiger partial charge in [0.25, 0.3) is 0 Å². The van der Waals surface area contributed by atoms with Crippen molar-refractivity contribution in [1.82, 2.24) is 9.97 Å². The monoisotopic (exact) mass is 370 g/mol. The van der Waals surface area contributed by atoms with E-state index in [2.05, 4.69) is 20.2 Å². The fraction of sp³-hybridized carbons (Fsp3) is 0.450. The number of nitrogens with one attached hydrogen (secondary N) is 1. The van der Waals surface area contributed by atoms with Gasteiger partial charge in [-0.2, -0.15) is 0 Å². The van der Waals surface area contributed by atoms with Crippen molar-refractivity contribution in [3.8, 4) is 5.75 Å². The van der Waals surface area contributed by atoms with Gasteiger partial charge in [0.1, 0.15) is 5.75 Å². The zero-order valence-electron chi connectivity index (χ0n) is 15.6. The minimum Gasteiger partial charge on any atom is -0.493 e. The summed E-state index contributed by atoms with van der Waals surface area (Å²) in [5, 5.41) is 3.01. The molecule has 7 nitrogen and oxygen atoms in total. The van der Waals surface area contributed by atoms with E-state index in [0.717, 1.165) is 37.2 Å². The van der Waals surface area contributed by atoms with Gasteiger partial charge in [0.05, 0.1) is 12.5 Å². The first-order valence-corrected chi connectivity index (χ1v) is 9.31. The number of hydrogen-bond donors (Lipinski definition) is 1. The Morgan fingerprint density at radius 3 is 2.93 bits per heavy atom. The van der Waals surface area contributed by atoms with Crippen LogP contribution >= 0.6 is 0 Å². The fourth-order valence-corrected chi connectivity index (χ4v) is 3.13. The Hall–Kier alpha value is -2.67. The van der Waals surface area contributed by atoms with Crippen LogP contribution in [0.3, 0.4) is 0 Å². The number of amides is 1. The Bertz CT molecular complexity index is 726. The Balaban J connectivity index is 1.55. The van der Waals surface area contributed by atoms with Crippen molar-refractivity contribution < 1.29 is 14.3 Å². The van der Waals surface area contributed by atoms with E-state index >= 15 is 0 Å². The molecule has 2 heterocycles. The van der Waals surface area contributed by atoms with Crippen molar-refractivity contribution in [2.24, 2.45) is 5.92 Å². The lowest BCUT2D eigenvalue weighted by Gasteiger charge is -2.31. The summed E-state index contributed by atoms with van der Waals surface area (Å²) in [6.45, 7) is 2.75. The average Bonchev–Trinajstić information content (AvgIpc) is 2.72. The molecule has 1 fully saturated rings. The van der Waals surface area contributed by atoms with E-state index in [-0.39, 0.29) is 11.8 Å². The van der Waals surface area contributed by atoms with Crippen LogP contribution in [0.5, 0.6) is 5.75 Å². The van der Waals surface area contributed by atoms with Gasteiger partial charge < -0.3 is 19.7 Å². The largest absolute Gasteiger partial charge is 0.493 e. The highest BCUT2D eigenvalue weighted by Gasteiger charge is 2.27. The van der Waals surface area contributed by atoms with Crippen molar-refractivity contribution in [3.63, 3.8) is 0 Å². The van der Waals surface area contributed by atoms with Gasteiger partial charge in [0.2, 0.25) is 11.9 Å². The molecule has 1 N–H and O–H groups in total. The third-order valence-electron chi connectivity index (χ3n) is 4.49. The lowest BCUT2D eigenvalue weighted by Crippen LogP contribution is -2.41. The SMILES string of the molecule is COCCCOc1cccc(NC(=O)[C@@H]2CCCN(c3ncccn3)C2)c1. The van der Waals surface area contributed by atoms with Crippen molar-refractivity contribution in [2.75, 3.05) is 43.6 Å². The standard InChI is InChI=1S/C20H26N4O3/c1-26-12-5-13-27-18-8-2-7-17(14-18)23-19(25)16-6-3-11-24(15-16)20-21-9-4-10-22-20/h2,4,7-10,14,16H,3,5-6,11-13,15H2,1H3,(H,23,25)/t16-/m1/s1.